The third kappa shape index (κ3) is 2.65. The van der Waals surface area contributed by atoms with Gasteiger partial charge in [-0.1, -0.05) is 29.8 Å². The van der Waals surface area contributed by atoms with Gasteiger partial charge in [-0.2, -0.15) is 15.3 Å². The molecule has 5 aromatic rings. The van der Waals surface area contributed by atoms with Gasteiger partial charge in [0.2, 0.25) is 0 Å². The number of rotatable bonds is 4. The van der Waals surface area contributed by atoms with E-state index in [-0.39, 0.29) is 0 Å². The van der Waals surface area contributed by atoms with Crippen LogP contribution in [-0.2, 0) is 12.8 Å². The van der Waals surface area contributed by atoms with Crippen LogP contribution in [0.5, 0.6) is 0 Å². The standard InChI is InChI=1S/C21H19BrN6/c1-3-11-5-13(7-17-15(11)10-23-24-17)16-9-19(27-25-16)21-20-12(4-2)6-14(22)8-18(20)26-28-21/h5-10H,3-4H2,1-2H3,(H,23,24)(H,25,27)(H,26,28). The fraction of sp³-hybridized carbons (Fsp3) is 0.190. The second-order valence-corrected chi connectivity index (χ2v) is 7.82. The lowest BCUT2D eigenvalue weighted by Crippen LogP contribution is -1.85. The van der Waals surface area contributed by atoms with Crippen LogP contribution < -0.4 is 0 Å². The van der Waals surface area contributed by atoms with E-state index in [2.05, 4.69) is 90.7 Å². The van der Waals surface area contributed by atoms with Gasteiger partial charge in [-0.25, -0.2) is 0 Å². The molecule has 0 spiro atoms. The predicted molar refractivity (Wildman–Crippen MR) is 115 cm³/mol. The maximum atomic E-state index is 4.57. The lowest BCUT2D eigenvalue weighted by molar-refractivity contribution is 1.07. The summed E-state index contributed by atoms with van der Waals surface area (Å²) in [6, 6.07) is 10.6. The Labute approximate surface area is 169 Å². The van der Waals surface area contributed by atoms with Crippen molar-refractivity contribution in [3.05, 3.63) is 52.1 Å². The fourth-order valence-corrected chi connectivity index (χ4v) is 4.34. The van der Waals surface area contributed by atoms with E-state index in [9.17, 15) is 0 Å². The number of aromatic nitrogens is 6. The molecule has 0 saturated heterocycles. The molecule has 3 heterocycles. The fourth-order valence-electron chi connectivity index (χ4n) is 3.83. The largest absolute Gasteiger partial charge is 0.278 e. The van der Waals surface area contributed by atoms with E-state index in [1.807, 2.05) is 6.20 Å². The molecule has 0 aliphatic heterocycles. The van der Waals surface area contributed by atoms with E-state index in [1.165, 1.54) is 16.5 Å². The number of H-pyrrole nitrogens is 3. The zero-order valence-corrected chi connectivity index (χ0v) is 17.2. The van der Waals surface area contributed by atoms with Crippen molar-refractivity contribution in [1.82, 2.24) is 30.6 Å². The monoisotopic (exact) mass is 434 g/mol. The van der Waals surface area contributed by atoms with Crippen LogP contribution in [0.2, 0.25) is 0 Å². The summed E-state index contributed by atoms with van der Waals surface area (Å²) in [5, 5.41) is 25.0. The average molecular weight is 435 g/mol. The molecule has 0 bridgehead atoms. The van der Waals surface area contributed by atoms with Crippen molar-refractivity contribution >= 4 is 37.7 Å². The van der Waals surface area contributed by atoms with Crippen LogP contribution in [0, 0.1) is 0 Å². The van der Waals surface area contributed by atoms with Crippen LogP contribution in [0.1, 0.15) is 25.0 Å². The number of aromatic amines is 3. The van der Waals surface area contributed by atoms with E-state index < -0.39 is 0 Å². The molecule has 0 amide bonds. The first-order valence-corrected chi connectivity index (χ1v) is 10.2. The molecular formula is C21H19BrN6. The van der Waals surface area contributed by atoms with Crippen LogP contribution in [0.25, 0.3) is 44.5 Å². The second-order valence-electron chi connectivity index (χ2n) is 6.90. The smallest absolute Gasteiger partial charge is 0.118 e. The third-order valence-corrected chi connectivity index (χ3v) is 5.70. The first-order chi connectivity index (χ1) is 13.7. The van der Waals surface area contributed by atoms with Gasteiger partial charge >= 0.3 is 0 Å². The minimum Gasteiger partial charge on any atom is -0.278 e. The minimum absolute atomic E-state index is 0.896. The SMILES string of the molecule is CCc1cc(-c2cc(-c3n[nH]c4cc(Br)cc(CC)c34)[nH]n2)cc2[nH]ncc12. The summed E-state index contributed by atoms with van der Waals surface area (Å²) in [6.45, 7) is 4.31. The number of nitrogens with zero attached hydrogens (tertiary/aromatic N) is 3. The third-order valence-electron chi connectivity index (χ3n) is 5.24. The first-order valence-electron chi connectivity index (χ1n) is 9.36. The highest BCUT2D eigenvalue weighted by molar-refractivity contribution is 9.10. The maximum Gasteiger partial charge on any atom is 0.118 e. The molecule has 0 radical (unpaired) electrons. The van der Waals surface area contributed by atoms with Crippen molar-refractivity contribution in [3.63, 3.8) is 0 Å². The molecule has 0 atom stereocenters. The highest BCUT2D eigenvalue weighted by atomic mass is 79.9. The molecule has 140 valence electrons. The van der Waals surface area contributed by atoms with Crippen LogP contribution in [0.15, 0.2) is 41.0 Å². The van der Waals surface area contributed by atoms with Gasteiger partial charge in [0.1, 0.15) is 5.69 Å². The van der Waals surface area contributed by atoms with Gasteiger partial charge in [-0.15, -0.1) is 0 Å². The Balaban J connectivity index is 1.64. The Hall–Kier alpha value is -2.93. The van der Waals surface area contributed by atoms with Gasteiger partial charge in [0.15, 0.2) is 0 Å². The van der Waals surface area contributed by atoms with Gasteiger partial charge in [-0.05, 0) is 54.3 Å². The zero-order valence-electron chi connectivity index (χ0n) is 15.6. The number of hydrogen-bond acceptors (Lipinski definition) is 3. The average Bonchev–Trinajstić information content (AvgIpc) is 3.44. The lowest BCUT2D eigenvalue weighted by Gasteiger charge is -2.03. The van der Waals surface area contributed by atoms with E-state index >= 15 is 0 Å². The maximum absolute atomic E-state index is 4.57. The molecule has 7 heteroatoms. The molecule has 28 heavy (non-hydrogen) atoms. The Morgan fingerprint density at radius 3 is 2.54 bits per heavy atom. The molecule has 0 saturated carbocycles. The van der Waals surface area contributed by atoms with Crippen LogP contribution in [0.3, 0.4) is 0 Å². The summed E-state index contributed by atoms with van der Waals surface area (Å²) in [4.78, 5) is 0. The van der Waals surface area contributed by atoms with Gasteiger partial charge in [-0.3, -0.25) is 15.3 Å². The summed E-state index contributed by atoms with van der Waals surface area (Å²) in [6.07, 6.45) is 3.76. The summed E-state index contributed by atoms with van der Waals surface area (Å²) < 4.78 is 1.05. The molecule has 2 aromatic carbocycles. The number of nitrogens with one attached hydrogen (secondary N) is 3. The summed E-state index contributed by atoms with van der Waals surface area (Å²) >= 11 is 3.58. The molecule has 3 N–H and O–H groups in total. The Morgan fingerprint density at radius 2 is 1.71 bits per heavy atom. The zero-order chi connectivity index (χ0) is 19.3. The first kappa shape index (κ1) is 17.2. The van der Waals surface area contributed by atoms with Crippen LogP contribution in [0.4, 0.5) is 0 Å². The van der Waals surface area contributed by atoms with Crippen molar-refractivity contribution < 1.29 is 0 Å². The van der Waals surface area contributed by atoms with Gasteiger partial charge in [0, 0.05) is 20.8 Å². The van der Waals surface area contributed by atoms with Crippen LogP contribution >= 0.6 is 15.9 Å². The highest BCUT2D eigenvalue weighted by Crippen LogP contribution is 2.33. The molecule has 0 aliphatic rings. The number of hydrogen-bond donors (Lipinski definition) is 3. The Bertz CT molecular complexity index is 1310. The van der Waals surface area contributed by atoms with Gasteiger partial charge in [0.25, 0.3) is 0 Å². The van der Waals surface area contributed by atoms with Crippen LogP contribution in [-0.4, -0.2) is 30.6 Å². The van der Waals surface area contributed by atoms with Crippen molar-refractivity contribution in [2.24, 2.45) is 0 Å². The number of halogens is 1. The summed E-state index contributed by atoms with van der Waals surface area (Å²) in [5.74, 6) is 0. The molecule has 5 rings (SSSR count). The van der Waals surface area contributed by atoms with E-state index in [1.54, 1.807) is 0 Å². The second kappa shape index (κ2) is 6.60. The summed E-state index contributed by atoms with van der Waals surface area (Å²) in [7, 11) is 0. The molecule has 0 aliphatic carbocycles. The van der Waals surface area contributed by atoms with E-state index in [0.717, 1.165) is 56.4 Å². The number of benzene rings is 2. The van der Waals surface area contributed by atoms with Crippen molar-refractivity contribution in [1.29, 1.82) is 0 Å². The van der Waals surface area contributed by atoms with Crippen molar-refractivity contribution in [3.8, 4) is 22.6 Å². The molecule has 3 aromatic heterocycles. The Kier molecular flexibility index (Phi) is 4.05. The van der Waals surface area contributed by atoms with E-state index in [0.29, 0.717) is 0 Å². The molecular weight excluding hydrogens is 416 g/mol. The molecule has 0 unspecified atom stereocenters. The molecule has 6 nitrogen and oxygen atoms in total. The van der Waals surface area contributed by atoms with Crippen molar-refractivity contribution in [2.75, 3.05) is 0 Å². The quantitative estimate of drug-likeness (QED) is 0.354. The van der Waals surface area contributed by atoms with Crippen molar-refractivity contribution in [2.45, 2.75) is 26.7 Å². The topological polar surface area (TPSA) is 86.0 Å². The molecule has 0 fully saturated rings. The summed E-state index contributed by atoms with van der Waals surface area (Å²) in [5.41, 5.74) is 8.32. The minimum atomic E-state index is 0.896. The number of fused-ring (bicyclic) bond motifs is 2. The van der Waals surface area contributed by atoms with E-state index in [4.69, 9.17) is 0 Å². The highest BCUT2D eigenvalue weighted by Gasteiger charge is 2.16. The van der Waals surface area contributed by atoms with Gasteiger partial charge in [0.05, 0.1) is 28.6 Å². The lowest BCUT2D eigenvalue weighted by atomic mass is 10.0. The predicted octanol–water partition coefficient (Wildman–Crippen LogP) is 5.38. The Morgan fingerprint density at radius 1 is 0.857 bits per heavy atom. The van der Waals surface area contributed by atoms with Gasteiger partial charge < -0.3 is 0 Å². The normalized spacial score (nSPS) is 11.7. The number of aryl methyl sites for hydroxylation is 2.